The lowest BCUT2D eigenvalue weighted by atomic mass is 10.0. The normalized spacial score (nSPS) is 20.1. The number of rotatable bonds is 5. The molecule has 10 heteroatoms. The Labute approximate surface area is 160 Å². The van der Waals surface area contributed by atoms with E-state index in [0.29, 0.717) is 36.8 Å². The van der Waals surface area contributed by atoms with Gasteiger partial charge in [0.05, 0.1) is 6.04 Å². The maximum Gasteiger partial charge on any atom is 0.255 e. The van der Waals surface area contributed by atoms with Crippen LogP contribution in [0.15, 0.2) is 18.2 Å². The van der Waals surface area contributed by atoms with Crippen LogP contribution in [0.3, 0.4) is 0 Å². The average molecular weight is 383 g/mol. The molecule has 3 amide bonds. The van der Waals surface area contributed by atoms with Crippen LogP contribution in [0, 0.1) is 0 Å². The molecule has 2 aliphatic rings. The number of imide groups is 1. The third-order valence-electron chi connectivity index (χ3n) is 4.97. The molecule has 2 aromatic rings. The van der Waals surface area contributed by atoms with Crippen molar-refractivity contribution in [3.05, 3.63) is 40.7 Å². The first-order valence-electron chi connectivity index (χ1n) is 9.10. The van der Waals surface area contributed by atoms with Gasteiger partial charge in [-0.1, -0.05) is 12.1 Å². The van der Waals surface area contributed by atoms with Gasteiger partial charge in [0.15, 0.2) is 0 Å². The van der Waals surface area contributed by atoms with E-state index in [1.54, 1.807) is 6.07 Å². The molecule has 5 N–H and O–H groups in total. The predicted molar refractivity (Wildman–Crippen MR) is 98.8 cm³/mol. The summed E-state index contributed by atoms with van der Waals surface area (Å²) in [6, 6.07) is 4.73. The van der Waals surface area contributed by atoms with E-state index in [0.717, 1.165) is 11.1 Å². The van der Waals surface area contributed by atoms with E-state index in [1.807, 2.05) is 19.1 Å². The molecule has 0 spiro atoms. The summed E-state index contributed by atoms with van der Waals surface area (Å²) >= 11 is 0. The first kappa shape index (κ1) is 18.1. The van der Waals surface area contributed by atoms with Crippen LogP contribution in [0.2, 0.25) is 0 Å². The Balaban J connectivity index is 1.44. The number of amides is 3. The van der Waals surface area contributed by atoms with E-state index < -0.39 is 11.9 Å². The van der Waals surface area contributed by atoms with Crippen LogP contribution in [-0.2, 0) is 22.7 Å². The summed E-state index contributed by atoms with van der Waals surface area (Å²) in [5.74, 6) is 0.169. The molecular weight excluding hydrogens is 362 g/mol. The molecule has 4 rings (SSSR count). The Hall–Kier alpha value is -3.27. The molecule has 2 unspecified atom stereocenters. The number of nitrogens with two attached hydrogens (primary N) is 1. The van der Waals surface area contributed by atoms with Gasteiger partial charge in [-0.3, -0.25) is 24.8 Å². The number of H-pyrrole nitrogens is 1. The largest absolute Gasteiger partial charge is 0.349 e. The summed E-state index contributed by atoms with van der Waals surface area (Å²) in [5.41, 5.74) is 8.17. The molecule has 1 fully saturated rings. The van der Waals surface area contributed by atoms with E-state index in [9.17, 15) is 14.4 Å². The molecule has 1 aromatic carbocycles. The van der Waals surface area contributed by atoms with Crippen molar-refractivity contribution in [1.29, 1.82) is 0 Å². The first-order valence-corrected chi connectivity index (χ1v) is 9.10. The molecule has 1 aromatic heterocycles. The molecule has 0 aliphatic carbocycles. The molecule has 1 saturated heterocycles. The van der Waals surface area contributed by atoms with Gasteiger partial charge in [0.25, 0.3) is 5.91 Å². The second-order valence-corrected chi connectivity index (χ2v) is 7.08. The fourth-order valence-electron chi connectivity index (χ4n) is 3.48. The van der Waals surface area contributed by atoms with Crippen molar-refractivity contribution in [2.75, 3.05) is 5.32 Å². The quantitative estimate of drug-likeness (QED) is 0.539. The number of carbonyl (C=O) groups excluding carboxylic acids is 3. The highest BCUT2D eigenvalue weighted by molar-refractivity contribution is 6.05. The number of hydrogen-bond acceptors (Lipinski definition) is 7. The minimum atomic E-state index is -0.607. The van der Waals surface area contributed by atoms with Gasteiger partial charge in [-0.2, -0.15) is 4.98 Å². The van der Waals surface area contributed by atoms with Crippen molar-refractivity contribution in [2.45, 2.75) is 44.9 Å². The Morgan fingerprint density at radius 1 is 1.36 bits per heavy atom. The number of nitrogens with zero attached hydrogens (tertiary/aromatic N) is 3. The topological polar surface area (TPSA) is 146 Å². The number of aromatic amines is 1. The van der Waals surface area contributed by atoms with Crippen molar-refractivity contribution in [3.8, 4) is 0 Å². The minimum absolute atomic E-state index is 0.181. The molecule has 2 aliphatic heterocycles. The Bertz CT molecular complexity index is 952. The van der Waals surface area contributed by atoms with Crippen molar-refractivity contribution in [3.63, 3.8) is 0 Å². The number of hydrogen-bond donors (Lipinski definition) is 4. The van der Waals surface area contributed by atoms with Crippen LogP contribution in [-0.4, -0.2) is 43.8 Å². The monoisotopic (exact) mass is 383 g/mol. The zero-order chi connectivity index (χ0) is 19.8. The third kappa shape index (κ3) is 3.33. The van der Waals surface area contributed by atoms with E-state index >= 15 is 0 Å². The number of piperidine rings is 1. The van der Waals surface area contributed by atoms with Gasteiger partial charge < -0.3 is 16.0 Å². The molecule has 3 heterocycles. The number of nitrogens with one attached hydrogen (secondary N) is 3. The van der Waals surface area contributed by atoms with Crippen LogP contribution in [0.1, 0.15) is 53.1 Å². The first-order chi connectivity index (χ1) is 13.4. The summed E-state index contributed by atoms with van der Waals surface area (Å²) < 4.78 is 0. The lowest BCUT2D eigenvalue weighted by molar-refractivity contribution is -0.136. The number of anilines is 1. The highest BCUT2D eigenvalue weighted by atomic mass is 16.2. The summed E-state index contributed by atoms with van der Waals surface area (Å²) in [6.07, 6.45) is 0.595. The van der Waals surface area contributed by atoms with E-state index in [2.05, 4.69) is 25.8 Å². The third-order valence-corrected chi connectivity index (χ3v) is 4.97. The van der Waals surface area contributed by atoms with E-state index in [1.165, 1.54) is 4.90 Å². The molecule has 2 atom stereocenters. The lowest BCUT2D eigenvalue weighted by Gasteiger charge is -2.29. The molecular formula is C18H21N7O3. The predicted octanol–water partition coefficient (Wildman–Crippen LogP) is 0.197. The fourth-order valence-corrected chi connectivity index (χ4v) is 3.48. The molecule has 28 heavy (non-hydrogen) atoms. The maximum atomic E-state index is 12.7. The number of fused-ring (bicyclic) bond motifs is 1. The van der Waals surface area contributed by atoms with Gasteiger partial charge in [-0.05, 0) is 30.5 Å². The maximum absolute atomic E-state index is 12.7. The summed E-state index contributed by atoms with van der Waals surface area (Å²) in [7, 11) is 0. The summed E-state index contributed by atoms with van der Waals surface area (Å²) in [6.45, 7) is 2.65. The zero-order valence-electron chi connectivity index (χ0n) is 15.4. The highest BCUT2D eigenvalue weighted by Crippen LogP contribution is 2.28. The van der Waals surface area contributed by atoms with Crippen LogP contribution < -0.4 is 16.4 Å². The van der Waals surface area contributed by atoms with Crippen LogP contribution in [0.5, 0.6) is 0 Å². The van der Waals surface area contributed by atoms with Gasteiger partial charge in [-0.25, -0.2) is 0 Å². The second-order valence-electron chi connectivity index (χ2n) is 7.08. The molecule has 146 valence electrons. The molecule has 0 radical (unpaired) electrons. The second kappa shape index (κ2) is 7.04. The Kier molecular flexibility index (Phi) is 4.55. The van der Waals surface area contributed by atoms with Crippen LogP contribution in [0.25, 0.3) is 0 Å². The standard InChI is InChI=1S/C18H21N7O3/c1-9(19)15-22-18(24-23-15)20-7-10-2-3-12-11(6-10)8-25(17(12)28)13-4-5-14(26)21-16(13)27/h2-3,6,9,13H,4-5,7-8,19H2,1H3,(H,21,26,27)(H2,20,22,23,24). The fraction of sp³-hybridized carbons (Fsp3) is 0.389. The lowest BCUT2D eigenvalue weighted by Crippen LogP contribution is -2.52. The summed E-state index contributed by atoms with van der Waals surface area (Å²) in [5, 5.41) is 12.3. The van der Waals surface area contributed by atoms with Crippen molar-refractivity contribution in [2.24, 2.45) is 5.73 Å². The number of benzene rings is 1. The molecule has 0 saturated carbocycles. The van der Waals surface area contributed by atoms with E-state index in [4.69, 9.17) is 5.73 Å². The Morgan fingerprint density at radius 2 is 2.18 bits per heavy atom. The van der Waals surface area contributed by atoms with Crippen LogP contribution >= 0.6 is 0 Å². The van der Waals surface area contributed by atoms with Crippen LogP contribution in [0.4, 0.5) is 5.95 Å². The van der Waals surface area contributed by atoms with Crippen molar-refractivity contribution >= 4 is 23.7 Å². The van der Waals surface area contributed by atoms with Crippen molar-refractivity contribution in [1.82, 2.24) is 25.4 Å². The SMILES string of the molecule is CC(N)c1nc(NCc2ccc3c(c2)CN(C2CCC(=O)NC2=O)C3=O)n[nH]1. The Morgan fingerprint density at radius 3 is 2.89 bits per heavy atom. The van der Waals surface area contributed by atoms with Gasteiger partial charge in [0.1, 0.15) is 11.9 Å². The molecule has 10 nitrogen and oxygen atoms in total. The smallest absolute Gasteiger partial charge is 0.255 e. The zero-order valence-corrected chi connectivity index (χ0v) is 15.4. The number of carbonyl (C=O) groups is 3. The minimum Gasteiger partial charge on any atom is -0.349 e. The van der Waals surface area contributed by atoms with Gasteiger partial charge >= 0.3 is 0 Å². The van der Waals surface area contributed by atoms with Crippen molar-refractivity contribution < 1.29 is 14.4 Å². The highest BCUT2D eigenvalue weighted by Gasteiger charge is 2.38. The number of aromatic nitrogens is 3. The van der Waals surface area contributed by atoms with Gasteiger partial charge in [0, 0.05) is 25.1 Å². The van der Waals surface area contributed by atoms with E-state index in [-0.39, 0.29) is 24.3 Å². The molecule has 0 bridgehead atoms. The average Bonchev–Trinajstić information content (AvgIpc) is 3.25. The summed E-state index contributed by atoms with van der Waals surface area (Å²) in [4.78, 5) is 41.9. The van der Waals surface area contributed by atoms with Gasteiger partial charge in [-0.15, -0.1) is 5.10 Å². The van der Waals surface area contributed by atoms with Gasteiger partial charge in [0.2, 0.25) is 17.8 Å².